The van der Waals surface area contributed by atoms with Gasteiger partial charge in [0.2, 0.25) is 0 Å². The first kappa shape index (κ1) is 19.7. The van der Waals surface area contributed by atoms with E-state index in [0.717, 1.165) is 16.3 Å². The molecule has 0 bridgehead atoms. The third kappa shape index (κ3) is 4.39. The van der Waals surface area contributed by atoms with Gasteiger partial charge in [0.15, 0.2) is 0 Å². The van der Waals surface area contributed by atoms with Crippen molar-refractivity contribution in [3.63, 3.8) is 0 Å². The number of fused-ring (bicyclic) bond motifs is 1. The molecular weight excluding hydrogens is 392 g/mol. The van der Waals surface area contributed by atoms with Gasteiger partial charge in [-0.3, -0.25) is 0 Å². The van der Waals surface area contributed by atoms with Crippen molar-refractivity contribution in [3.05, 3.63) is 107 Å². The monoisotopic (exact) mass is 408 g/mol. The van der Waals surface area contributed by atoms with Gasteiger partial charge in [-0.15, -0.1) is 0 Å². The Morgan fingerprint density at radius 1 is 0.742 bits per heavy atom. The highest BCUT2D eigenvalue weighted by atomic mass is 16.5. The van der Waals surface area contributed by atoms with Gasteiger partial charge in [0, 0.05) is 11.1 Å². The summed E-state index contributed by atoms with van der Waals surface area (Å²) in [5.41, 5.74) is 1.38. The zero-order valence-corrected chi connectivity index (χ0v) is 16.2. The lowest BCUT2D eigenvalue weighted by molar-refractivity contribution is 0.0678. The second kappa shape index (κ2) is 8.44. The van der Waals surface area contributed by atoms with Crippen molar-refractivity contribution in [3.8, 4) is 23.3 Å². The van der Waals surface area contributed by atoms with Gasteiger partial charge in [0.1, 0.15) is 17.1 Å². The van der Waals surface area contributed by atoms with Gasteiger partial charge in [-0.2, -0.15) is 0 Å². The van der Waals surface area contributed by atoms with Crippen LogP contribution in [-0.2, 0) is 0 Å². The number of rotatable bonds is 4. The topological polar surface area (TPSA) is 83.8 Å². The van der Waals surface area contributed by atoms with E-state index in [-0.39, 0.29) is 16.9 Å². The molecule has 0 fully saturated rings. The Kier molecular flexibility index (Phi) is 5.37. The Balaban J connectivity index is 1.66. The van der Waals surface area contributed by atoms with Crippen LogP contribution in [0.25, 0.3) is 10.8 Å². The molecule has 4 aromatic carbocycles. The fourth-order valence-corrected chi connectivity index (χ4v) is 3.15. The number of aromatic carboxylic acids is 2. The summed E-state index contributed by atoms with van der Waals surface area (Å²) < 4.78 is 5.71. The van der Waals surface area contributed by atoms with E-state index in [1.165, 1.54) is 18.2 Å². The molecule has 0 heterocycles. The zero-order chi connectivity index (χ0) is 21.8. The van der Waals surface area contributed by atoms with Crippen LogP contribution in [0, 0.1) is 11.8 Å². The first-order valence-corrected chi connectivity index (χ1v) is 9.39. The molecule has 0 spiro atoms. The van der Waals surface area contributed by atoms with Crippen LogP contribution in [0.4, 0.5) is 0 Å². The van der Waals surface area contributed by atoms with Gasteiger partial charge in [-0.1, -0.05) is 54.3 Å². The molecule has 2 N–H and O–H groups in total. The van der Waals surface area contributed by atoms with E-state index in [2.05, 4.69) is 11.8 Å². The minimum atomic E-state index is -1.21. The van der Waals surface area contributed by atoms with Crippen LogP contribution in [0.1, 0.15) is 31.8 Å². The van der Waals surface area contributed by atoms with Crippen molar-refractivity contribution >= 4 is 22.7 Å². The maximum absolute atomic E-state index is 11.5. The molecule has 0 radical (unpaired) electrons. The zero-order valence-electron chi connectivity index (χ0n) is 16.2. The summed E-state index contributed by atoms with van der Waals surface area (Å²) in [5.74, 6) is 4.20. The molecule has 0 atom stereocenters. The highest BCUT2D eigenvalue weighted by Crippen LogP contribution is 2.27. The molecule has 0 saturated heterocycles. The average molecular weight is 408 g/mol. The molecule has 0 amide bonds. The van der Waals surface area contributed by atoms with Gasteiger partial charge in [-0.25, -0.2) is 9.59 Å². The van der Waals surface area contributed by atoms with Crippen LogP contribution < -0.4 is 4.74 Å². The Hall–Kier alpha value is -4.56. The van der Waals surface area contributed by atoms with Crippen LogP contribution in [0.3, 0.4) is 0 Å². The predicted octanol–water partition coefficient (Wildman–Crippen LogP) is 5.43. The summed E-state index contributed by atoms with van der Waals surface area (Å²) in [6.07, 6.45) is 0. The molecule has 0 saturated carbocycles. The van der Waals surface area contributed by atoms with E-state index in [4.69, 9.17) is 4.74 Å². The second-order valence-electron chi connectivity index (χ2n) is 6.73. The summed E-state index contributed by atoms with van der Waals surface area (Å²) in [6, 6.07) is 24.4. The van der Waals surface area contributed by atoms with Crippen LogP contribution in [0.15, 0.2) is 84.9 Å². The maximum atomic E-state index is 11.5. The summed E-state index contributed by atoms with van der Waals surface area (Å²) in [7, 11) is 0. The van der Waals surface area contributed by atoms with Crippen molar-refractivity contribution in [2.45, 2.75) is 0 Å². The number of hydrogen-bond donors (Lipinski definition) is 2. The molecular formula is C26H16O5. The molecule has 0 aliphatic carbocycles. The van der Waals surface area contributed by atoms with Gasteiger partial charge < -0.3 is 14.9 Å². The highest BCUT2D eigenvalue weighted by molar-refractivity contribution is 5.94. The van der Waals surface area contributed by atoms with E-state index in [1.54, 1.807) is 18.2 Å². The third-order valence-corrected chi connectivity index (χ3v) is 4.65. The van der Waals surface area contributed by atoms with E-state index in [9.17, 15) is 19.8 Å². The summed E-state index contributed by atoms with van der Waals surface area (Å²) in [5, 5.41) is 20.7. The minimum absolute atomic E-state index is 0.0495. The normalized spacial score (nSPS) is 10.2. The molecule has 4 aromatic rings. The first-order valence-electron chi connectivity index (χ1n) is 9.39. The lowest BCUT2D eigenvalue weighted by Gasteiger charge is -2.10. The number of ether oxygens (including phenoxy) is 1. The molecule has 31 heavy (non-hydrogen) atoms. The standard InChI is InChI=1S/C26H16O5/c27-25(28)20-13-14-23(26(29)30)24(16-20)31-21-9-3-5-17(15-21)11-12-19-8-4-7-18-6-1-2-10-22(18)19/h1-10,13-16H,(H,27,28)(H,29,30). The van der Waals surface area contributed by atoms with E-state index < -0.39 is 11.9 Å². The quantitative estimate of drug-likeness (QED) is 0.440. The predicted molar refractivity (Wildman–Crippen MR) is 117 cm³/mol. The van der Waals surface area contributed by atoms with Crippen LogP contribution >= 0.6 is 0 Å². The van der Waals surface area contributed by atoms with Gasteiger partial charge in [-0.05, 0) is 53.2 Å². The van der Waals surface area contributed by atoms with Gasteiger partial charge in [0.25, 0.3) is 0 Å². The molecule has 5 heteroatoms. The smallest absolute Gasteiger partial charge is 0.339 e. The van der Waals surface area contributed by atoms with Gasteiger partial charge in [0.05, 0.1) is 5.56 Å². The number of carboxylic acid groups (broad SMARTS) is 2. The maximum Gasteiger partial charge on any atom is 0.339 e. The fourth-order valence-electron chi connectivity index (χ4n) is 3.15. The van der Waals surface area contributed by atoms with Crippen LogP contribution in [-0.4, -0.2) is 22.2 Å². The van der Waals surface area contributed by atoms with Crippen molar-refractivity contribution < 1.29 is 24.5 Å². The summed E-state index contributed by atoms with van der Waals surface area (Å²) in [4.78, 5) is 22.7. The Morgan fingerprint density at radius 3 is 2.32 bits per heavy atom. The minimum Gasteiger partial charge on any atom is -0.478 e. The van der Waals surface area contributed by atoms with Crippen LogP contribution in [0.5, 0.6) is 11.5 Å². The molecule has 0 unspecified atom stereocenters. The lowest BCUT2D eigenvalue weighted by atomic mass is 10.0. The molecule has 0 aliphatic heterocycles. The third-order valence-electron chi connectivity index (χ3n) is 4.65. The largest absolute Gasteiger partial charge is 0.478 e. The van der Waals surface area contributed by atoms with Crippen molar-refractivity contribution in [2.75, 3.05) is 0 Å². The van der Waals surface area contributed by atoms with E-state index in [0.29, 0.717) is 11.3 Å². The number of carbonyl (C=O) groups is 2. The molecule has 5 nitrogen and oxygen atoms in total. The van der Waals surface area contributed by atoms with Crippen molar-refractivity contribution in [1.82, 2.24) is 0 Å². The number of benzene rings is 4. The highest BCUT2D eigenvalue weighted by Gasteiger charge is 2.15. The van der Waals surface area contributed by atoms with Crippen molar-refractivity contribution in [1.29, 1.82) is 0 Å². The summed E-state index contributed by atoms with van der Waals surface area (Å²) >= 11 is 0. The SMILES string of the molecule is O=C(O)c1ccc(C(=O)O)c(Oc2cccc(C#Cc3cccc4ccccc34)c2)c1. The molecule has 4 rings (SSSR count). The summed E-state index contributed by atoms with van der Waals surface area (Å²) in [6.45, 7) is 0. The lowest BCUT2D eigenvalue weighted by Crippen LogP contribution is -2.03. The molecule has 0 aliphatic rings. The second-order valence-corrected chi connectivity index (χ2v) is 6.73. The van der Waals surface area contributed by atoms with Gasteiger partial charge >= 0.3 is 11.9 Å². The average Bonchev–Trinajstić information content (AvgIpc) is 2.77. The number of carboxylic acids is 2. The Morgan fingerprint density at radius 2 is 1.52 bits per heavy atom. The fraction of sp³-hybridized carbons (Fsp3) is 0. The van der Waals surface area contributed by atoms with E-state index >= 15 is 0 Å². The molecule has 0 aromatic heterocycles. The van der Waals surface area contributed by atoms with Crippen molar-refractivity contribution in [2.24, 2.45) is 0 Å². The van der Waals surface area contributed by atoms with E-state index in [1.807, 2.05) is 48.5 Å². The molecule has 150 valence electrons. The van der Waals surface area contributed by atoms with Crippen LogP contribution in [0.2, 0.25) is 0 Å². The first-order chi connectivity index (χ1) is 15.0. The number of hydrogen-bond acceptors (Lipinski definition) is 3. The Labute approximate surface area is 178 Å². The Bertz CT molecular complexity index is 1370.